The molecule has 0 unspecified atom stereocenters. The Labute approximate surface area is 231 Å². The number of amides is 3. The maximum Gasteiger partial charge on any atom is 0.318 e. The number of carbonyl (C=O) groups excluding carboxylic acids is 2. The van der Waals surface area contributed by atoms with E-state index in [0.717, 1.165) is 28.8 Å². The smallest absolute Gasteiger partial charge is 0.318 e. The van der Waals surface area contributed by atoms with Gasteiger partial charge in [-0.1, -0.05) is 72.8 Å². The Morgan fingerprint density at radius 3 is 2.36 bits per heavy atom. The lowest BCUT2D eigenvalue weighted by Crippen LogP contribution is -2.53. The Morgan fingerprint density at radius 2 is 1.67 bits per heavy atom. The molecular weight excluding hydrogens is 490 g/mol. The first-order valence-corrected chi connectivity index (χ1v) is 13.5. The predicted octanol–water partition coefficient (Wildman–Crippen LogP) is 2.57. The minimum Gasteiger partial charge on any atom is -0.390 e. The van der Waals surface area contributed by atoms with Crippen molar-refractivity contribution in [2.75, 3.05) is 38.6 Å². The molecule has 3 aromatic rings. The predicted molar refractivity (Wildman–Crippen MR) is 155 cm³/mol. The van der Waals surface area contributed by atoms with Gasteiger partial charge in [-0.2, -0.15) is 0 Å². The molecule has 8 nitrogen and oxygen atoms in total. The summed E-state index contributed by atoms with van der Waals surface area (Å²) in [5.74, 6) is -0.288. The number of nitrogens with zero attached hydrogens (tertiary/aromatic N) is 2. The maximum absolute atomic E-state index is 13.2. The minimum atomic E-state index is -0.822. The molecule has 1 saturated heterocycles. The largest absolute Gasteiger partial charge is 0.390 e. The fourth-order valence-corrected chi connectivity index (χ4v) is 4.73. The normalized spacial score (nSPS) is 16.4. The van der Waals surface area contributed by atoms with Crippen LogP contribution in [0.25, 0.3) is 0 Å². The molecule has 3 aromatic carbocycles. The van der Waals surface area contributed by atoms with Crippen LogP contribution in [0.3, 0.4) is 0 Å². The van der Waals surface area contributed by atoms with Crippen molar-refractivity contribution in [3.05, 3.63) is 102 Å². The van der Waals surface area contributed by atoms with Gasteiger partial charge in [0.05, 0.1) is 18.7 Å². The van der Waals surface area contributed by atoms with E-state index in [1.165, 1.54) is 0 Å². The van der Waals surface area contributed by atoms with Crippen LogP contribution in [0, 0.1) is 0 Å². The van der Waals surface area contributed by atoms with Gasteiger partial charge < -0.3 is 30.9 Å². The van der Waals surface area contributed by atoms with E-state index in [1.807, 2.05) is 97.9 Å². The summed E-state index contributed by atoms with van der Waals surface area (Å²) in [6, 6.07) is 26.5. The van der Waals surface area contributed by atoms with Crippen molar-refractivity contribution in [2.45, 2.75) is 37.6 Å². The number of urea groups is 1. The van der Waals surface area contributed by atoms with Crippen LogP contribution in [-0.2, 0) is 24.2 Å². The second kappa shape index (κ2) is 13.8. The lowest BCUT2D eigenvalue weighted by molar-refractivity contribution is -0.124. The zero-order valence-corrected chi connectivity index (χ0v) is 22.7. The highest BCUT2D eigenvalue weighted by Crippen LogP contribution is 2.14. The summed E-state index contributed by atoms with van der Waals surface area (Å²) < 4.78 is 0. The summed E-state index contributed by atoms with van der Waals surface area (Å²) in [7, 11) is 4.00. The molecule has 206 valence electrons. The van der Waals surface area contributed by atoms with E-state index < -0.39 is 18.2 Å². The van der Waals surface area contributed by atoms with E-state index in [9.17, 15) is 14.7 Å². The molecule has 8 heteroatoms. The number of aliphatic hydroxyl groups is 1. The molecule has 0 spiro atoms. The molecule has 0 saturated carbocycles. The van der Waals surface area contributed by atoms with Gasteiger partial charge in [-0.3, -0.25) is 4.79 Å². The van der Waals surface area contributed by atoms with Gasteiger partial charge in [0, 0.05) is 39.4 Å². The standard InChI is InChI=1S/C31H39N5O3/c1-35(2)26-15-9-14-25(18-26)20-32-21-29(37)27(19-24-12-7-4-8-13-24)33-30(38)28-22-36(31(39)34-28)17-16-23-10-5-3-6-11-23/h3-15,18,27-29,32,37H,16-17,19-22H2,1-2H3,(H,33,38)(H,34,39)/t27-,28-,29+/m0/s1. The highest BCUT2D eigenvalue weighted by atomic mass is 16.3. The number of carbonyl (C=O) groups is 2. The number of anilines is 1. The molecule has 0 bridgehead atoms. The third-order valence-electron chi connectivity index (χ3n) is 7.02. The summed E-state index contributed by atoms with van der Waals surface area (Å²) in [4.78, 5) is 29.5. The Kier molecular flexibility index (Phi) is 9.94. The number of rotatable bonds is 13. The Balaban J connectivity index is 1.34. The zero-order chi connectivity index (χ0) is 27.6. The maximum atomic E-state index is 13.2. The molecule has 39 heavy (non-hydrogen) atoms. The first kappa shape index (κ1) is 28.1. The van der Waals surface area contributed by atoms with Gasteiger partial charge in [0.2, 0.25) is 5.91 Å². The quantitative estimate of drug-likeness (QED) is 0.273. The molecule has 0 aromatic heterocycles. The molecule has 0 aliphatic carbocycles. The van der Waals surface area contributed by atoms with Crippen LogP contribution < -0.4 is 20.9 Å². The number of nitrogens with one attached hydrogen (secondary N) is 3. The van der Waals surface area contributed by atoms with Crippen molar-refractivity contribution < 1.29 is 14.7 Å². The van der Waals surface area contributed by atoms with Crippen LogP contribution in [0.4, 0.5) is 10.5 Å². The molecule has 3 amide bonds. The van der Waals surface area contributed by atoms with Crippen LogP contribution >= 0.6 is 0 Å². The first-order chi connectivity index (χ1) is 18.9. The van der Waals surface area contributed by atoms with E-state index >= 15 is 0 Å². The molecule has 1 aliphatic heterocycles. The SMILES string of the molecule is CN(C)c1cccc(CNC[C@@H](O)[C@H](Cc2ccccc2)NC(=O)[C@@H]2CN(CCc3ccccc3)C(=O)N2)c1. The first-order valence-electron chi connectivity index (χ1n) is 13.5. The van der Waals surface area contributed by atoms with Gasteiger partial charge in [-0.25, -0.2) is 4.79 Å². The second-order valence-electron chi connectivity index (χ2n) is 10.3. The Hall–Kier alpha value is -3.88. The average molecular weight is 530 g/mol. The van der Waals surface area contributed by atoms with Crippen LogP contribution in [0.15, 0.2) is 84.9 Å². The lowest BCUT2D eigenvalue weighted by Gasteiger charge is -2.26. The molecule has 4 rings (SSSR count). The second-order valence-corrected chi connectivity index (χ2v) is 10.3. The monoisotopic (exact) mass is 529 g/mol. The lowest BCUT2D eigenvalue weighted by atomic mass is 10.0. The molecule has 3 atom stereocenters. The van der Waals surface area contributed by atoms with Gasteiger partial charge in [-0.05, 0) is 41.7 Å². The molecule has 0 radical (unpaired) electrons. The highest BCUT2D eigenvalue weighted by Gasteiger charge is 2.35. The van der Waals surface area contributed by atoms with Crippen LogP contribution in [0.1, 0.15) is 16.7 Å². The van der Waals surface area contributed by atoms with Crippen LogP contribution in [0.5, 0.6) is 0 Å². The molecule has 1 fully saturated rings. The summed E-state index contributed by atoms with van der Waals surface area (Å²) >= 11 is 0. The Bertz CT molecular complexity index is 1210. The van der Waals surface area contributed by atoms with Crippen molar-refractivity contribution in [3.63, 3.8) is 0 Å². The highest BCUT2D eigenvalue weighted by molar-refractivity contribution is 5.90. The number of aliphatic hydroxyl groups excluding tert-OH is 1. The van der Waals surface area contributed by atoms with Gasteiger partial charge >= 0.3 is 6.03 Å². The van der Waals surface area contributed by atoms with Crippen molar-refractivity contribution in [2.24, 2.45) is 0 Å². The number of hydrogen-bond acceptors (Lipinski definition) is 5. The van der Waals surface area contributed by atoms with Crippen molar-refractivity contribution in [3.8, 4) is 0 Å². The van der Waals surface area contributed by atoms with E-state index in [-0.39, 0.29) is 11.9 Å². The van der Waals surface area contributed by atoms with E-state index in [4.69, 9.17) is 0 Å². The van der Waals surface area contributed by atoms with Crippen LogP contribution in [-0.4, -0.2) is 73.9 Å². The zero-order valence-electron chi connectivity index (χ0n) is 22.7. The third kappa shape index (κ3) is 8.30. The van der Waals surface area contributed by atoms with Crippen LogP contribution in [0.2, 0.25) is 0 Å². The van der Waals surface area contributed by atoms with Crippen molar-refractivity contribution >= 4 is 17.6 Å². The van der Waals surface area contributed by atoms with Crippen molar-refractivity contribution in [1.29, 1.82) is 0 Å². The fraction of sp³-hybridized carbons (Fsp3) is 0.355. The van der Waals surface area contributed by atoms with E-state index in [2.05, 4.69) is 22.0 Å². The van der Waals surface area contributed by atoms with Gasteiger partial charge in [-0.15, -0.1) is 0 Å². The van der Waals surface area contributed by atoms with Gasteiger partial charge in [0.1, 0.15) is 6.04 Å². The number of benzene rings is 3. The minimum absolute atomic E-state index is 0.243. The van der Waals surface area contributed by atoms with Crippen molar-refractivity contribution in [1.82, 2.24) is 20.9 Å². The number of hydrogen-bond donors (Lipinski definition) is 4. The molecular formula is C31H39N5O3. The van der Waals surface area contributed by atoms with Gasteiger partial charge in [0.25, 0.3) is 0 Å². The summed E-state index contributed by atoms with van der Waals surface area (Å²) in [5, 5.41) is 20.3. The molecule has 4 N–H and O–H groups in total. The van der Waals surface area contributed by atoms with E-state index in [1.54, 1.807) is 4.90 Å². The fourth-order valence-electron chi connectivity index (χ4n) is 4.73. The Morgan fingerprint density at radius 1 is 1.00 bits per heavy atom. The average Bonchev–Trinajstić information content (AvgIpc) is 3.33. The summed E-state index contributed by atoms with van der Waals surface area (Å²) in [5.41, 5.74) is 4.38. The topological polar surface area (TPSA) is 96.9 Å². The molecule has 1 aliphatic rings. The third-order valence-corrected chi connectivity index (χ3v) is 7.02. The van der Waals surface area contributed by atoms with E-state index in [0.29, 0.717) is 32.6 Å². The molecule has 1 heterocycles. The summed E-state index contributed by atoms with van der Waals surface area (Å²) in [6.07, 6.45) is 0.378. The summed E-state index contributed by atoms with van der Waals surface area (Å²) in [6.45, 7) is 1.74. The van der Waals surface area contributed by atoms with Gasteiger partial charge in [0.15, 0.2) is 0 Å².